The van der Waals surface area contributed by atoms with Crippen LogP contribution in [0.1, 0.15) is 18.1 Å². The fraction of sp³-hybridized carbons (Fsp3) is 0.250. The van der Waals surface area contributed by atoms with Crippen LogP contribution in [0, 0.1) is 13.8 Å². The van der Waals surface area contributed by atoms with Gasteiger partial charge in [0.2, 0.25) is 11.0 Å². The molecular weight excluding hydrogens is 376 g/mol. The summed E-state index contributed by atoms with van der Waals surface area (Å²) in [6, 6.07) is 16.0. The van der Waals surface area contributed by atoms with Crippen molar-refractivity contribution in [1.29, 1.82) is 0 Å². The first kappa shape index (κ1) is 19.4. The lowest BCUT2D eigenvalue weighted by molar-refractivity contribution is -0.116. The highest BCUT2D eigenvalue weighted by molar-refractivity contribution is 8.01. The lowest BCUT2D eigenvalue weighted by Gasteiger charge is -2.22. The second-order valence-corrected chi connectivity index (χ2v) is 8.28. The number of thioether (sulfide) groups is 1. The van der Waals surface area contributed by atoms with Crippen LogP contribution in [-0.2, 0) is 4.79 Å². The number of aryl methyl sites for hydroxylation is 2. The molecule has 3 aromatic rings. The predicted octanol–water partition coefficient (Wildman–Crippen LogP) is 5.04. The van der Waals surface area contributed by atoms with Crippen LogP contribution in [0.25, 0.3) is 0 Å². The van der Waals surface area contributed by atoms with Gasteiger partial charge in [-0.15, -0.1) is 10.2 Å². The van der Waals surface area contributed by atoms with Crippen LogP contribution in [0.2, 0.25) is 0 Å². The number of rotatable bonds is 7. The van der Waals surface area contributed by atoms with Crippen molar-refractivity contribution >= 4 is 45.5 Å². The number of benzene rings is 2. The number of aromatic nitrogens is 2. The number of carbonyl (C=O) groups is 1. The Hall–Kier alpha value is -2.38. The van der Waals surface area contributed by atoms with E-state index in [1.807, 2.05) is 68.1 Å². The van der Waals surface area contributed by atoms with Crippen molar-refractivity contribution < 1.29 is 4.79 Å². The molecule has 1 aromatic heterocycles. The molecule has 0 bridgehead atoms. The zero-order valence-corrected chi connectivity index (χ0v) is 17.2. The average Bonchev–Trinajstić information content (AvgIpc) is 3.09. The molecule has 0 radical (unpaired) electrons. The summed E-state index contributed by atoms with van der Waals surface area (Å²) in [6.45, 7) is 6.70. The van der Waals surface area contributed by atoms with E-state index in [2.05, 4.69) is 21.6 Å². The van der Waals surface area contributed by atoms with Gasteiger partial charge in [0.1, 0.15) is 0 Å². The van der Waals surface area contributed by atoms with Gasteiger partial charge in [0.05, 0.1) is 5.75 Å². The minimum atomic E-state index is 0.0696. The molecule has 0 aliphatic carbocycles. The van der Waals surface area contributed by atoms with Crippen LogP contribution in [0.5, 0.6) is 0 Å². The molecule has 0 atom stereocenters. The summed E-state index contributed by atoms with van der Waals surface area (Å²) in [5.41, 5.74) is 4.22. The van der Waals surface area contributed by atoms with Crippen LogP contribution in [0.15, 0.2) is 52.9 Å². The summed E-state index contributed by atoms with van der Waals surface area (Å²) in [5, 5.41) is 12.3. The Bertz CT molecular complexity index is 926. The predicted molar refractivity (Wildman–Crippen MR) is 114 cm³/mol. The zero-order chi connectivity index (χ0) is 19.2. The number of nitrogens with one attached hydrogen (secondary N) is 1. The van der Waals surface area contributed by atoms with Gasteiger partial charge in [0.15, 0.2) is 4.34 Å². The summed E-state index contributed by atoms with van der Waals surface area (Å²) in [7, 11) is 0. The normalized spacial score (nSPS) is 10.6. The molecular formula is C20H22N4OS2. The molecule has 0 saturated heterocycles. The maximum atomic E-state index is 12.7. The van der Waals surface area contributed by atoms with Crippen molar-refractivity contribution in [2.45, 2.75) is 25.1 Å². The molecule has 2 aromatic carbocycles. The topological polar surface area (TPSA) is 58.1 Å². The number of carbonyl (C=O) groups excluding carboxylic acids is 1. The van der Waals surface area contributed by atoms with Crippen LogP contribution >= 0.6 is 23.1 Å². The minimum absolute atomic E-state index is 0.0696. The number of nitrogens with zero attached hydrogens (tertiary/aromatic N) is 3. The summed E-state index contributed by atoms with van der Waals surface area (Å²) in [6.07, 6.45) is 0. The number of hydrogen-bond donors (Lipinski definition) is 1. The van der Waals surface area contributed by atoms with Crippen LogP contribution < -0.4 is 10.2 Å². The average molecular weight is 399 g/mol. The van der Waals surface area contributed by atoms with E-state index < -0.39 is 0 Å². The van der Waals surface area contributed by atoms with E-state index in [4.69, 9.17) is 0 Å². The fourth-order valence-corrected chi connectivity index (χ4v) is 4.36. The Labute approximate surface area is 167 Å². The highest BCUT2D eigenvalue weighted by Gasteiger charge is 2.17. The molecule has 0 saturated carbocycles. The van der Waals surface area contributed by atoms with E-state index in [0.29, 0.717) is 12.3 Å². The third kappa shape index (κ3) is 5.08. The van der Waals surface area contributed by atoms with Crippen molar-refractivity contribution in [3.63, 3.8) is 0 Å². The third-order valence-corrected chi connectivity index (χ3v) is 5.98. The molecule has 0 spiro atoms. The monoisotopic (exact) mass is 398 g/mol. The summed E-state index contributed by atoms with van der Waals surface area (Å²) in [5.74, 6) is 0.404. The van der Waals surface area contributed by atoms with Gasteiger partial charge < -0.3 is 10.2 Å². The van der Waals surface area contributed by atoms with E-state index in [-0.39, 0.29) is 5.91 Å². The first-order chi connectivity index (χ1) is 13.1. The molecule has 3 rings (SSSR count). The standard InChI is InChI=1S/C20H22N4OS2/c1-4-24(17-11-6-5-9-15(17)3)18(25)13-26-20-23-22-19(27-20)21-16-10-7-8-14(2)12-16/h5-12H,4,13H2,1-3H3,(H,21,22). The van der Waals surface area contributed by atoms with Gasteiger partial charge in [0, 0.05) is 17.9 Å². The number of para-hydroxylation sites is 1. The van der Waals surface area contributed by atoms with Gasteiger partial charge >= 0.3 is 0 Å². The second-order valence-electron chi connectivity index (χ2n) is 6.08. The first-order valence-corrected chi connectivity index (χ1v) is 10.5. The van der Waals surface area contributed by atoms with Gasteiger partial charge in [-0.2, -0.15) is 0 Å². The maximum absolute atomic E-state index is 12.7. The van der Waals surface area contributed by atoms with Gasteiger partial charge in [-0.25, -0.2) is 0 Å². The summed E-state index contributed by atoms with van der Waals surface area (Å²) >= 11 is 2.87. The van der Waals surface area contributed by atoms with Crippen LogP contribution in [-0.4, -0.2) is 28.4 Å². The Morgan fingerprint density at radius 2 is 1.96 bits per heavy atom. The molecule has 0 unspecified atom stereocenters. The van der Waals surface area contributed by atoms with E-state index in [1.165, 1.54) is 28.7 Å². The van der Waals surface area contributed by atoms with Gasteiger partial charge in [-0.1, -0.05) is 53.4 Å². The second kappa shape index (κ2) is 9.01. The molecule has 27 heavy (non-hydrogen) atoms. The van der Waals surface area contributed by atoms with Crippen molar-refractivity contribution in [1.82, 2.24) is 10.2 Å². The van der Waals surface area contributed by atoms with Gasteiger partial charge in [-0.05, 0) is 50.1 Å². The highest BCUT2D eigenvalue weighted by atomic mass is 32.2. The lowest BCUT2D eigenvalue weighted by atomic mass is 10.2. The first-order valence-electron chi connectivity index (χ1n) is 8.73. The SMILES string of the molecule is CCN(C(=O)CSc1nnc(Nc2cccc(C)c2)s1)c1ccccc1C. The van der Waals surface area contributed by atoms with E-state index in [0.717, 1.165) is 26.4 Å². The molecule has 7 heteroatoms. The Morgan fingerprint density at radius 3 is 2.70 bits per heavy atom. The number of hydrogen-bond acceptors (Lipinski definition) is 6. The molecule has 140 valence electrons. The molecule has 0 aliphatic heterocycles. The Kier molecular flexibility index (Phi) is 6.47. The van der Waals surface area contributed by atoms with Crippen LogP contribution in [0.3, 0.4) is 0 Å². The zero-order valence-electron chi connectivity index (χ0n) is 15.6. The number of amides is 1. The highest BCUT2D eigenvalue weighted by Crippen LogP contribution is 2.29. The Morgan fingerprint density at radius 1 is 1.15 bits per heavy atom. The minimum Gasteiger partial charge on any atom is -0.330 e. The third-order valence-electron chi connectivity index (χ3n) is 4.02. The molecule has 5 nitrogen and oxygen atoms in total. The summed E-state index contributed by atoms with van der Waals surface area (Å²) in [4.78, 5) is 14.5. The van der Waals surface area contributed by atoms with Crippen LogP contribution in [0.4, 0.5) is 16.5 Å². The maximum Gasteiger partial charge on any atom is 0.237 e. The van der Waals surface area contributed by atoms with Crippen molar-refractivity contribution in [2.24, 2.45) is 0 Å². The van der Waals surface area contributed by atoms with Crippen molar-refractivity contribution in [3.8, 4) is 0 Å². The summed E-state index contributed by atoms with van der Waals surface area (Å²) < 4.78 is 0.777. The van der Waals surface area contributed by atoms with E-state index in [9.17, 15) is 4.79 Å². The molecule has 1 N–H and O–H groups in total. The van der Waals surface area contributed by atoms with Crippen molar-refractivity contribution in [3.05, 3.63) is 59.7 Å². The van der Waals surface area contributed by atoms with Gasteiger partial charge in [0.25, 0.3) is 0 Å². The van der Waals surface area contributed by atoms with E-state index >= 15 is 0 Å². The molecule has 1 heterocycles. The van der Waals surface area contributed by atoms with E-state index in [1.54, 1.807) is 0 Å². The fourth-order valence-electron chi connectivity index (χ4n) is 2.71. The quantitative estimate of drug-likeness (QED) is 0.565. The largest absolute Gasteiger partial charge is 0.330 e. The number of anilines is 3. The van der Waals surface area contributed by atoms with Gasteiger partial charge in [-0.3, -0.25) is 4.79 Å². The molecule has 0 aliphatic rings. The smallest absolute Gasteiger partial charge is 0.237 e. The Balaban J connectivity index is 1.60. The van der Waals surface area contributed by atoms with Crippen molar-refractivity contribution in [2.75, 3.05) is 22.5 Å². The molecule has 1 amide bonds. The lowest BCUT2D eigenvalue weighted by Crippen LogP contribution is -2.32. The molecule has 0 fully saturated rings.